The van der Waals surface area contributed by atoms with Crippen LogP contribution >= 0.6 is 0 Å². The summed E-state index contributed by atoms with van der Waals surface area (Å²) >= 11 is 0. The van der Waals surface area contributed by atoms with Crippen molar-refractivity contribution in [3.8, 4) is 0 Å². The molecule has 3 unspecified atom stereocenters. The molecule has 11 nitrogen and oxygen atoms in total. The zero-order chi connectivity index (χ0) is 34.2. The van der Waals surface area contributed by atoms with E-state index < -0.39 is 65.5 Å². The smallest absolute Gasteiger partial charge is 0.408 e. The molecule has 1 fully saturated rings. The van der Waals surface area contributed by atoms with Gasteiger partial charge in [0, 0.05) is 12.5 Å². The van der Waals surface area contributed by atoms with Gasteiger partial charge >= 0.3 is 12.1 Å². The first-order valence-electron chi connectivity index (χ1n) is 15.4. The third kappa shape index (κ3) is 11.0. The molecule has 3 rings (SSSR count). The molecule has 2 aromatic rings. The first-order valence-corrected chi connectivity index (χ1v) is 15.4. The Morgan fingerprint density at radius 3 is 2.09 bits per heavy atom. The molecule has 4 N–H and O–H groups in total. The van der Waals surface area contributed by atoms with E-state index in [4.69, 9.17) is 15.2 Å². The van der Waals surface area contributed by atoms with Gasteiger partial charge in [-0.2, -0.15) is 0 Å². The number of carbonyl (C=O) groups is 5. The lowest BCUT2D eigenvalue weighted by atomic mass is 9.98. The minimum atomic E-state index is -1.41. The molecule has 0 aliphatic heterocycles. The van der Waals surface area contributed by atoms with E-state index in [2.05, 4.69) is 17.2 Å². The van der Waals surface area contributed by atoms with Gasteiger partial charge in [-0.25, -0.2) is 9.59 Å². The third-order valence-corrected chi connectivity index (χ3v) is 6.87. The van der Waals surface area contributed by atoms with E-state index in [1.165, 1.54) is 4.90 Å². The van der Waals surface area contributed by atoms with Crippen LogP contribution in [0.3, 0.4) is 0 Å². The summed E-state index contributed by atoms with van der Waals surface area (Å²) in [6.07, 6.45) is 1.50. The summed E-state index contributed by atoms with van der Waals surface area (Å²) in [6, 6.07) is 12.0. The minimum absolute atomic E-state index is 0.142. The molecule has 3 atom stereocenters. The Morgan fingerprint density at radius 1 is 0.913 bits per heavy atom. The van der Waals surface area contributed by atoms with Crippen LogP contribution in [-0.2, 0) is 35.1 Å². The van der Waals surface area contributed by atoms with E-state index in [9.17, 15) is 24.0 Å². The standard InChI is InChI=1S/C35H46N4O7/c1-8-22-15-12-16-24(19-22)29(30(41)37-27(32(43)45-34(2,3)4)20-23-13-10-9-11-14-23)39(25-17-18-25)31(42)26(21-28(36)40)38-33(44)46-35(5,6)7/h8-16,19,25-27,29H,1,17-18,20-21H2,2-7H3,(H2,36,40)(H,37,41)(H,38,44). The maximum Gasteiger partial charge on any atom is 0.408 e. The van der Waals surface area contributed by atoms with Crippen LogP contribution in [-0.4, -0.2) is 64.0 Å². The van der Waals surface area contributed by atoms with Gasteiger partial charge in [0.05, 0.1) is 6.42 Å². The van der Waals surface area contributed by atoms with Crippen molar-refractivity contribution in [2.24, 2.45) is 5.73 Å². The van der Waals surface area contributed by atoms with Gasteiger partial charge in [-0.1, -0.05) is 61.2 Å². The second-order valence-corrected chi connectivity index (χ2v) is 13.4. The van der Waals surface area contributed by atoms with E-state index in [1.807, 2.05) is 30.3 Å². The molecule has 11 heteroatoms. The number of primary amides is 1. The molecule has 1 aliphatic carbocycles. The summed E-state index contributed by atoms with van der Waals surface area (Å²) in [5, 5.41) is 5.33. The van der Waals surface area contributed by atoms with Crippen molar-refractivity contribution in [2.45, 2.75) is 103 Å². The van der Waals surface area contributed by atoms with Gasteiger partial charge in [0.1, 0.15) is 29.3 Å². The first-order chi connectivity index (χ1) is 21.5. The second kappa shape index (κ2) is 15.1. The first kappa shape index (κ1) is 35.8. The molecule has 0 radical (unpaired) electrons. The van der Waals surface area contributed by atoms with Crippen LogP contribution in [0.1, 0.15) is 83.5 Å². The second-order valence-electron chi connectivity index (χ2n) is 13.4. The van der Waals surface area contributed by atoms with Crippen LogP contribution < -0.4 is 16.4 Å². The Labute approximate surface area is 270 Å². The molecule has 0 aromatic heterocycles. The van der Waals surface area contributed by atoms with E-state index in [0.717, 1.165) is 5.56 Å². The van der Waals surface area contributed by atoms with Crippen LogP contribution in [0.2, 0.25) is 0 Å². The summed E-state index contributed by atoms with van der Waals surface area (Å²) in [4.78, 5) is 68.3. The highest BCUT2D eigenvalue weighted by Crippen LogP contribution is 2.36. The Morgan fingerprint density at radius 2 is 1.54 bits per heavy atom. The van der Waals surface area contributed by atoms with Crippen molar-refractivity contribution in [2.75, 3.05) is 0 Å². The highest BCUT2D eigenvalue weighted by Gasteiger charge is 2.45. The van der Waals surface area contributed by atoms with Gasteiger partial charge in [-0.3, -0.25) is 14.4 Å². The fourth-order valence-electron chi connectivity index (χ4n) is 4.86. The number of ether oxygens (including phenoxy) is 2. The van der Waals surface area contributed by atoms with Gasteiger partial charge in [-0.05, 0) is 77.1 Å². The molecule has 1 saturated carbocycles. The highest BCUT2D eigenvalue weighted by molar-refractivity contribution is 5.96. The summed E-state index contributed by atoms with van der Waals surface area (Å²) in [5.41, 5.74) is 5.75. The lowest BCUT2D eigenvalue weighted by Crippen LogP contribution is -2.56. The summed E-state index contributed by atoms with van der Waals surface area (Å²) in [5.74, 6) is -2.78. The van der Waals surface area contributed by atoms with Crippen molar-refractivity contribution < 1.29 is 33.4 Å². The number of amides is 4. The molecular formula is C35H46N4O7. The van der Waals surface area contributed by atoms with Gasteiger partial charge in [0.15, 0.2) is 0 Å². The number of rotatable bonds is 13. The van der Waals surface area contributed by atoms with E-state index in [0.29, 0.717) is 24.0 Å². The van der Waals surface area contributed by atoms with Crippen LogP contribution in [0.4, 0.5) is 4.79 Å². The van der Waals surface area contributed by atoms with Crippen LogP contribution in [0.5, 0.6) is 0 Å². The van der Waals surface area contributed by atoms with Gasteiger partial charge < -0.3 is 30.7 Å². The average molecular weight is 635 g/mol. The van der Waals surface area contributed by atoms with Crippen molar-refractivity contribution >= 4 is 35.9 Å². The quantitative estimate of drug-likeness (QED) is 0.279. The van der Waals surface area contributed by atoms with Crippen LogP contribution in [0.25, 0.3) is 6.08 Å². The molecule has 0 heterocycles. The monoisotopic (exact) mass is 634 g/mol. The van der Waals surface area contributed by atoms with E-state index >= 15 is 0 Å². The summed E-state index contributed by atoms with van der Waals surface area (Å²) in [7, 11) is 0. The van der Waals surface area contributed by atoms with Crippen molar-refractivity contribution in [3.05, 3.63) is 77.9 Å². The van der Waals surface area contributed by atoms with Gasteiger partial charge in [0.25, 0.3) is 0 Å². The molecule has 4 amide bonds. The Bertz CT molecular complexity index is 1420. The number of hydrogen-bond donors (Lipinski definition) is 3. The molecule has 0 bridgehead atoms. The Kier molecular flexibility index (Phi) is 11.7. The van der Waals surface area contributed by atoms with Gasteiger partial charge in [-0.15, -0.1) is 0 Å². The SMILES string of the molecule is C=Cc1cccc(C(C(=O)NC(Cc2ccccc2)C(=O)OC(C)(C)C)N(C(=O)C(CC(N)=O)NC(=O)OC(C)(C)C)C2CC2)c1. The zero-order valence-electron chi connectivity index (χ0n) is 27.5. The van der Waals surface area contributed by atoms with Gasteiger partial charge in [0.2, 0.25) is 17.7 Å². The number of nitrogens with zero attached hydrogens (tertiary/aromatic N) is 1. The topological polar surface area (TPSA) is 157 Å². The average Bonchev–Trinajstić information content (AvgIpc) is 3.78. The number of benzene rings is 2. The maximum absolute atomic E-state index is 14.4. The normalized spacial score (nSPS) is 15.0. The molecule has 46 heavy (non-hydrogen) atoms. The van der Waals surface area contributed by atoms with Crippen LogP contribution in [0, 0.1) is 0 Å². The number of carbonyl (C=O) groups excluding carboxylic acids is 5. The summed E-state index contributed by atoms with van der Waals surface area (Å²) in [6.45, 7) is 14.0. The number of nitrogens with two attached hydrogens (primary N) is 1. The highest BCUT2D eigenvalue weighted by atomic mass is 16.6. The fourth-order valence-corrected chi connectivity index (χ4v) is 4.86. The molecule has 248 valence electrons. The van der Waals surface area contributed by atoms with E-state index in [1.54, 1.807) is 71.9 Å². The molecule has 0 spiro atoms. The van der Waals surface area contributed by atoms with E-state index in [-0.39, 0.29) is 12.5 Å². The lowest BCUT2D eigenvalue weighted by Gasteiger charge is -2.35. The molecule has 1 aliphatic rings. The molecule has 0 saturated heterocycles. The minimum Gasteiger partial charge on any atom is -0.458 e. The Balaban J connectivity index is 2.06. The summed E-state index contributed by atoms with van der Waals surface area (Å²) < 4.78 is 11.0. The fraction of sp³-hybridized carbons (Fsp3) is 0.457. The van der Waals surface area contributed by atoms with Crippen molar-refractivity contribution in [3.63, 3.8) is 0 Å². The Hall–Kier alpha value is -4.67. The number of esters is 1. The molecular weight excluding hydrogens is 588 g/mol. The zero-order valence-corrected chi connectivity index (χ0v) is 27.5. The predicted octanol–water partition coefficient (Wildman–Crippen LogP) is 4.20. The number of alkyl carbamates (subject to hydrolysis) is 1. The van der Waals surface area contributed by atoms with Crippen molar-refractivity contribution in [1.29, 1.82) is 0 Å². The molecule has 2 aromatic carbocycles. The largest absolute Gasteiger partial charge is 0.458 e. The lowest BCUT2D eigenvalue weighted by molar-refractivity contribution is -0.159. The maximum atomic E-state index is 14.4. The third-order valence-electron chi connectivity index (χ3n) is 6.87. The van der Waals surface area contributed by atoms with Crippen molar-refractivity contribution in [1.82, 2.24) is 15.5 Å². The number of nitrogens with one attached hydrogen (secondary N) is 2. The van der Waals surface area contributed by atoms with Crippen LogP contribution in [0.15, 0.2) is 61.2 Å². The number of hydrogen-bond acceptors (Lipinski definition) is 7. The predicted molar refractivity (Wildman–Crippen MR) is 174 cm³/mol.